The van der Waals surface area contributed by atoms with Gasteiger partial charge in [-0.3, -0.25) is 14.6 Å². The monoisotopic (exact) mass is 263 g/mol. The van der Waals surface area contributed by atoms with E-state index in [1.54, 1.807) is 19.1 Å². The number of aryl methyl sites for hydroxylation is 1. The van der Waals surface area contributed by atoms with Crippen molar-refractivity contribution in [3.05, 3.63) is 29.6 Å². The van der Waals surface area contributed by atoms with Crippen LogP contribution in [0, 0.1) is 12.8 Å². The van der Waals surface area contributed by atoms with Crippen molar-refractivity contribution in [1.29, 1.82) is 0 Å². The van der Waals surface area contributed by atoms with Crippen LogP contribution < -0.4 is 0 Å². The second kappa shape index (κ2) is 5.95. The second-order valence-corrected chi connectivity index (χ2v) is 5.73. The van der Waals surface area contributed by atoms with E-state index in [9.17, 15) is 9.59 Å². The lowest BCUT2D eigenvalue weighted by atomic mass is 10.0. The highest BCUT2D eigenvalue weighted by atomic mass is 16.6. The summed E-state index contributed by atoms with van der Waals surface area (Å²) >= 11 is 0. The van der Waals surface area contributed by atoms with Crippen molar-refractivity contribution in [2.24, 2.45) is 5.92 Å². The van der Waals surface area contributed by atoms with Gasteiger partial charge >= 0.3 is 5.97 Å². The summed E-state index contributed by atoms with van der Waals surface area (Å²) in [6.45, 7) is 8.94. The standard InChI is InChI=1S/C15H21NO3/c1-10(14(18)19-15(3,4)5)9-13(17)12-8-6-7-11(2)16-12/h6-8,10H,9H2,1-5H3. The number of ketones is 1. The maximum Gasteiger partial charge on any atom is 0.309 e. The molecule has 0 aliphatic rings. The highest BCUT2D eigenvalue weighted by Crippen LogP contribution is 2.15. The van der Waals surface area contributed by atoms with Gasteiger partial charge in [0.2, 0.25) is 0 Å². The van der Waals surface area contributed by atoms with Crippen LogP contribution in [-0.2, 0) is 9.53 Å². The Morgan fingerprint density at radius 2 is 1.95 bits per heavy atom. The minimum absolute atomic E-state index is 0.116. The average molecular weight is 263 g/mol. The molecule has 0 spiro atoms. The molecule has 4 nitrogen and oxygen atoms in total. The second-order valence-electron chi connectivity index (χ2n) is 5.73. The predicted molar refractivity (Wildman–Crippen MR) is 72.9 cm³/mol. The first-order chi connectivity index (χ1) is 8.69. The average Bonchev–Trinajstić information content (AvgIpc) is 2.26. The third kappa shape index (κ3) is 5.20. The van der Waals surface area contributed by atoms with Crippen molar-refractivity contribution in [3.8, 4) is 0 Å². The molecule has 0 saturated carbocycles. The smallest absolute Gasteiger partial charge is 0.309 e. The summed E-state index contributed by atoms with van der Waals surface area (Å²) in [5.74, 6) is -0.954. The summed E-state index contributed by atoms with van der Waals surface area (Å²) in [6, 6.07) is 5.28. The van der Waals surface area contributed by atoms with E-state index in [2.05, 4.69) is 4.98 Å². The molecule has 1 aromatic rings. The number of pyridine rings is 1. The Balaban J connectivity index is 2.64. The van der Waals surface area contributed by atoms with Crippen LogP contribution in [0.3, 0.4) is 0 Å². The number of rotatable bonds is 4. The molecule has 1 rings (SSSR count). The number of nitrogens with zero attached hydrogens (tertiary/aromatic N) is 1. The van der Waals surface area contributed by atoms with E-state index in [1.807, 2.05) is 33.8 Å². The van der Waals surface area contributed by atoms with E-state index in [1.165, 1.54) is 0 Å². The third-order valence-corrected chi connectivity index (χ3v) is 2.47. The molecule has 19 heavy (non-hydrogen) atoms. The van der Waals surface area contributed by atoms with Gasteiger partial charge in [0.25, 0.3) is 0 Å². The Bertz CT molecular complexity index is 475. The molecule has 1 atom stereocenters. The first kappa shape index (κ1) is 15.3. The van der Waals surface area contributed by atoms with E-state index < -0.39 is 11.5 Å². The number of ether oxygens (including phenoxy) is 1. The fourth-order valence-electron chi connectivity index (χ4n) is 1.57. The van der Waals surface area contributed by atoms with Gasteiger partial charge in [-0.05, 0) is 39.8 Å². The number of hydrogen-bond acceptors (Lipinski definition) is 4. The molecule has 0 amide bonds. The summed E-state index contributed by atoms with van der Waals surface area (Å²) in [4.78, 5) is 28.0. The zero-order chi connectivity index (χ0) is 14.6. The molecule has 4 heteroatoms. The third-order valence-electron chi connectivity index (χ3n) is 2.47. The molecule has 0 aliphatic carbocycles. The number of Topliss-reactive ketones (excluding diaryl/α,β-unsaturated/α-hetero) is 1. The van der Waals surface area contributed by atoms with Crippen molar-refractivity contribution in [2.75, 3.05) is 0 Å². The summed E-state index contributed by atoms with van der Waals surface area (Å²) in [5.41, 5.74) is 0.655. The summed E-state index contributed by atoms with van der Waals surface area (Å²) < 4.78 is 5.25. The van der Waals surface area contributed by atoms with Gasteiger partial charge in [-0.15, -0.1) is 0 Å². The van der Waals surface area contributed by atoms with Gasteiger partial charge in [-0.2, -0.15) is 0 Å². The van der Waals surface area contributed by atoms with Crippen molar-refractivity contribution in [1.82, 2.24) is 4.98 Å². The molecule has 0 radical (unpaired) electrons. The predicted octanol–water partition coefficient (Wildman–Crippen LogP) is 2.94. The lowest BCUT2D eigenvalue weighted by Crippen LogP contribution is -2.28. The fraction of sp³-hybridized carbons (Fsp3) is 0.533. The van der Waals surface area contributed by atoms with Crippen molar-refractivity contribution in [2.45, 2.75) is 46.6 Å². The molecular weight excluding hydrogens is 242 g/mol. The minimum atomic E-state index is -0.532. The lowest BCUT2D eigenvalue weighted by molar-refractivity contribution is -0.159. The molecule has 0 N–H and O–H groups in total. The van der Waals surface area contributed by atoms with E-state index in [0.29, 0.717) is 5.69 Å². The van der Waals surface area contributed by atoms with Crippen LogP contribution in [0.1, 0.15) is 50.3 Å². The Kier molecular flexibility index (Phi) is 4.81. The fourth-order valence-corrected chi connectivity index (χ4v) is 1.57. The highest BCUT2D eigenvalue weighted by molar-refractivity contribution is 5.96. The molecule has 104 valence electrons. The van der Waals surface area contributed by atoms with Crippen LogP contribution in [0.25, 0.3) is 0 Å². The van der Waals surface area contributed by atoms with Crippen LogP contribution in [0.5, 0.6) is 0 Å². The first-order valence-electron chi connectivity index (χ1n) is 6.39. The zero-order valence-corrected chi connectivity index (χ0v) is 12.2. The number of carbonyl (C=O) groups is 2. The molecule has 0 aliphatic heterocycles. The SMILES string of the molecule is Cc1cccc(C(=O)CC(C)C(=O)OC(C)(C)C)n1. The van der Waals surface area contributed by atoms with Crippen molar-refractivity contribution in [3.63, 3.8) is 0 Å². The number of hydrogen-bond donors (Lipinski definition) is 0. The highest BCUT2D eigenvalue weighted by Gasteiger charge is 2.24. The van der Waals surface area contributed by atoms with E-state index in [0.717, 1.165) is 5.69 Å². The first-order valence-corrected chi connectivity index (χ1v) is 6.39. The largest absolute Gasteiger partial charge is 0.460 e. The maximum atomic E-state index is 12.0. The van der Waals surface area contributed by atoms with Gasteiger partial charge in [0.05, 0.1) is 5.92 Å². The zero-order valence-electron chi connectivity index (χ0n) is 12.2. The maximum absolute atomic E-state index is 12.0. The van der Waals surface area contributed by atoms with Gasteiger partial charge in [0.1, 0.15) is 11.3 Å². The normalized spacial score (nSPS) is 12.9. The van der Waals surface area contributed by atoms with E-state index >= 15 is 0 Å². The van der Waals surface area contributed by atoms with Crippen LogP contribution in [0.2, 0.25) is 0 Å². The van der Waals surface area contributed by atoms with Crippen LogP contribution >= 0.6 is 0 Å². The van der Waals surface area contributed by atoms with Gasteiger partial charge < -0.3 is 4.74 Å². The van der Waals surface area contributed by atoms with Crippen LogP contribution in [-0.4, -0.2) is 22.3 Å². The Morgan fingerprint density at radius 1 is 1.32 bits per heavy atom. The topological polar surface area (TPSA) is 56.3 Å². The van der Waals surface area contributed by atoms with Gasteiger partial charge in [-0.25, -0.2) is 0 Å². The molecular formula is C15H21NO3. The summed E-state index contributed by atoms with van der Waals surface area (Å²) in [6.07, 6.45) is 0.116. The molecule has 0 aromatic carbocycles. The van der Waals surface area contributed by atoms with Gasteiger partial charge in [0.15, 0.2) is 5.78 Å². The van der Waals surface area contributed by atoms with Crippen molar-refractivity contribution >= 4 is 11.8 Å². The van der Waals surface area contributed by atoms with Gasteiger partial charge in [0, 0.05) is 12.1 Å². The minimum Gasteiger partial charge on any atom is -0.460 e. The van der Waals surface area contributed by atoms with E-state index in [4.69, 9.17) is 4.74 Å². The summed E-state index contributed by atoms with van der Waals surface area (Å²) in [7, 11) is 0. The van der Waals surface area contributed by atoms with Crippen LogP contribution in [0.4, 0.5) is 0 Å². The van der Waals surface area contributed by atoms with Crippen molar-refractivity contribution < 1.29 is 14.3 Å². The molecule has 1 unspecified atom stereocenters. The molecule has 0 bridgehead atoms. The van der Waals surface area contributed by atoms with E-state index in [-0.39, 0.29) is 18.2 Å². The Hall–Kier alpha value is -1.71. The molecule has 0 saturated heterocycles. The molecule has 0 fully saturated rings. The quantitative estimate of drug-likeness (QED) is 0.619. The summed E-state index contributed by atoms with van der Waals surface area (Å²) in [5, 5.41) is 0. The van der Waals surface area contributed by atoms with Gasteiger partial charge in [-0.1, -0.05) is 13.0 Å². The lowest BCUT2D eigenvalue weighted by Gasteiger charge is -2.21. The van der Waals surface area contributed by atoms with Crippen LogP contribution in [0.15, 0.2) is 18.2 Å². The molecule has 1 heterocycles. The Morgan fingerprint density at radius 3 is 2.47 bits per heavy atom. The molecule has 1 aromatic heterocycles. The Labute approximate surface area is 114 Å². The number of carbonyl (C=O) groups excluding carboxylic acids is 2. The number of aromatic nitrogens is 1. The number of esters is 1.